The maximum absolute atomic E-state index is 10.9. The van der Waals surface area contributed by atoms with Gasteiger partial charge in [-0.05, 0) is 13.8 Å². The van der Waals surface area contributed by atoms with Crippen LogP contribution in [-0.2, 0) is 19.1 Å². The molecule has 0 rings (SSSR count). The van der Waals surface area contributed by atoms with Gasteiger partial charge >= 0.3 is 11.9 Å². The fourth-order valence-electron chi connectivity index (χ4n) is 0.965. The van der Waals surface area contributed by atoms with E-state index in [1.54, 1.807) is 13.8 Å². The summed E-state index contributed by atoms with van der Waals surface area (Å²) in [4.78, 5) is 21.5. The van der Waals surface area contributed by atoms with Crippen molar-refractivity contribution in [1.29, 1.82) is 0 Å². The van der Waals surface area contributed by atoms with Gasteiger partial charge in [0.2, 0.25) is 5.72 Å². The van der Waals surface area contributed by atoms with Gasteiger partial charge in [-0.25, -0.2) is 0 Å². The van der Waals surface area contributed by atoms with E-state index in [1.807, 2.05) is 6.92 Å². The number of rotatable bonds is 6. The SMILES string of the molecule is CCC(C)(N=NC(C)COC(C)=O)OC(C)=O. The van der Waals surface area contributed by atoms with Gasteiger partial charge in [-0.3, -0.25) is 9.59 Å². The first-order valence-electron chi connectivity index (χ1n) is 5.54. The standard InChI is InChI=1S/C11H20N2O4/c1-6-11(5,17-10(4)15)13-12-8(2)7-16-9(3)14/h8H,6-7H2,1-5H3. The normalized spacial score (nSPS) is 16.3. The summed E-state index contributed by atoms with van der Waals surface area (Å²) in [6.45, 7) is 8.11. The first kappa shape index (κ1) is 15.5. The molecule has 98 valence electrons. The lowest BCUT2D eigenvalue weighted by Gasteiger charge is -2.22. The molecule has 0 saturated heterocycles. The molecule has 6 heteroatoms. The quantitative estimate of drug-likeness (QED) is 0.529. The van der Waals surface area contributed by atoms with E-state index in [9.17, 15) is 9.59 Å². The van der Waals surface area contributed by atoms with Crippen molar-refractivity contribution in [3.8, 4) is 0 Å². The topological polar surface area (TPSA) is 77.3 Å². The average molecular weight is 244 g/mol. The molecule has 6 nitrogen and oxygen atoms in total. The van der Waals surface area contributed by atoms with E-state index in [-0.39, 0.29) is 18.6 Å². The number of carbonyl (C=O) groups excluding carboxylic acids is 2. The first-order chi connectivity index (χ1) is 7.79. The van der Waals surface area contributed by atoms with Gasteiger partial charge in [0, 0.05) is 20.3 Å². The summed E-state index contributed by atoms with van der Waals surface area (Å²) in [5.74, 6) is -0.758. The minimum atomic E-state index is -0.948. The maximum atomic E-state index is 10.9. The van der Waals surface area contributed by atoms with Crippen molar-refractivity contribution in [3.05, 3.63) is 0 Å². The molecule has 17 heavy (non-hydrogen) atoms. The summed E-state index contributed by atoms with van der Waals surface area (Å²) in [6, 6.07) is -0.264. The Hall–Kier alpha value is -1.46. The van der Waals surface area contributed by atoms with Crippen LogP contribution in [0, 0.1) is 0 Å². The monoisotopic (exact) mass is 244 g/mol. The zero-order valence-electron chi connectivity index (χ0n) is 11.0. The second-order valence-corrected chi connectivity index (χ2v) is 3.99. The number of ether oxygens (including phenoxy) is 2. The molecule has 0 N–H and O–H groups in total. The average Bonchev–Trinajstić information content (AvgIpc) is 2.22. The Labute approximate surface area is 101 Å². The number of hydrogen-bond acceptors (Lipinski definition) is 6. The summed E-state index contributed by atoms with van der Waals surface area (Å²) in [5, 5.41) is 7.95. The predicted molar refractivity (Wildman–Crippen MR) is 61.4 cm³/mol. The van der Waals surface area contributed by atoms with Crippen molar-refractivity contribution >= 4 is 11.9 Å². The molecule has 2 atom stereocenters. The van der Waals surface area contributed by atoms with Gasteiger partial charge < -0.3 is 9.47 Å². The van der Waals surface area contributed by atoms with E-state index in [0.717, 1.165) is 0 Å². The zero-order valence-corrected chi connectivity index (χ0v) is 11.0. The van der Waals surface area contributed by atoms with Crippen molar-refractivity contribution in [1.82, 2.24) is 0 Å². The Morgan fingerprint density at radius 1 is 1.29 bits per heavy atom. The van der Waals surface area contributed by atoms with Crippen LogP contribution in [0.25, 0.3) is 0 Å². The Balaban J connectivity index is 4.34. The van der Waals surface area contributed by atoms with Gasteiger partial charge in [0.25, 0.3) is 0 Å². The molecule has 0 amide bonds. The van der Waals surface area contributed by atoms with Crippen LogP contribution in [0.1, 0.15) is 41.0 Å². The van der Waals surface area contributed by atoms with E-state index in [4.69, 9.17) is 9.47 Å². The van der Waals surface area contributed by atoms with Crippen LogP contribution >= 0.6 is 0 Å². The molecular formula is C11H20N2O4. The van der Waals surface area contributed by atoms with Crippen molar-refractivity contribution in [2.75, 3.05) is 6.61 Å². The molecule has 0 saturated carbocycles. The lowest BCUT2D eigenvalue weighted by molar-refractivity contribution is -0.155. The molecule has 0 spiro atoms. The van der Waals surface area contributed by atoms with Gasteiger partial charge in [-0.1, -0.05) is 6.92 Å². The third-order valence-electron chi connectivity index (χ3n) is 2.01. The summed E-state index contributed by atoms with van der Waals surface area (Å²) in [6.07, 6.45) is 0.524. The molecule has 0 fully saturated rings. The molecule has 0 radical (unpaired) electrons. The van der Waals surface area contributed by atoms with E-state index in [2.05, 4.69) is 10.2 Å². The van der Waals surface area contributed by atoms with Gasteiger partial charge in [0.1, 0.15) is 12.6 Å². The van der Waals surface area contributed by atoms with Crippen LogP contribution in [0.5, 0.6) is 0 Å². The van der Waals surface area contributed by atoms with Crippen molar-refractivity contribution in [2.24, 2.45) is 10.2 Å². The highest BCUT2D eigenvalue weighted by atomic mass is 16.6. The van der Waals surface area contributed by atoms with Gasteiger partial charge in [-0.15, -0.1) is 5.11 Å². The molecule has 0 bridgehead atoms. The van der Waals surface area contributed by atoms with Crippen molar-refractivity contribution < 1.29 is 19.1 Å². The number of nitrogens with zero attached hydrogens (tertiary/aromatic N) is 2. The Bertz CT molecular complexity index is 304. The summed E-state index contributed by atoms with van der Waals surface area (Å²) in [5.41, 5.74) is -0.948. The van der Waals surface area contributed by atoms with Crippen molar-refractivity contribution in [3.63, 3.8) is 0 Å². The van der Waals surface area contributed by atoms with Gasteiger partial charge in [-0.2, -0.15) is 5.11 Å². The van der Waals surface area contributed by atoms with Crippen LogP contribution in [-0.4, -0.2) is 30.3 Å². The maximum Gasteiger partial charge on any atom is 0.304 e. The van der Waals surface area contributed by atoms with Gasteiger partial charge in [0.05, 0.1) is 0 Å². The fraction of sp³-hybridized carbons (Fsp3) is 0.818. The molecule has 2 unspecified atom stereocenters. The summed E-state index contributed by atoms with van der Waals surface area (Å²) >= 11 is 0. The predicted octanol–water partition coefficient (Wildman–Crippen LogP) is 2.08. The molecule has 0 heterocycles. The zero-order chi connectivity index (χ0) is 13.5. The highest BCUT2D eigenvalue weighted by Gasteiger charge is 2.24. The molecule has 0 aliphatic carbocycles. The third kappa shape index (κ3) is 7.43. The highest BCUT2D eigenvalue weighted by Crippen LogP contribution is 2.18. The molecule has 0 aliphatic heterocycles. The van der Waals surface area contributed by atoms with Crippen LogP contribution < -0.4 is 0 Å². The first-order valence-corrected chi connectivity index (χ1v) is 5.54. The van der Waals surface area contributed by atoms with Crippen molar-refractivity contribution in [2.45, 2.75) is 52.8 Å². The number of azo groups is 1. The molecule has 0 aromatic carbocycles. The van der Waals surface area contributed by atoms with E-state index in [1.165, 1.54) is 13.8 Å². The third-order valence-corrected chi connectivity index (χ3v) is 2.01. The Kier molecular flexibility index (Phi) is 6.38. The molecular weight excluding hydrogens is 224 g/mol. The number of carbonyl (C=O) groups is 2. The largest absolute Gasteiger partial charge is 0.464 e. The minimum Gasteiger partial charge on any atom is -0.464 e. The van der Waals surface area contributed by atoms with Crippen LogP contribution in [0.15, 0.2) is 10.2 Å². The second-order valence-electron chi connectivity index (χ2n) is 3.99. The van der Waals surface area contributed by atoms with Crippen LogP contribution in [0.3, 0.4) is 0 Å². The second kappa shape index (κ2) is 6.98. The van der Waals surface area contributed by atoms with E-state index >= 15 is 0 Å². The van der Waals surface area contributed by atoms with E-state index < -0.39 is 11.7 Å². The van der Waals surface area contributed by atoms with Gasteiger partial charge in [0.15, 0.2) is 0 Å². The lowest BCUT2D eigenvalue weighted by atomic mass is 10.2. The summed E-state index contributed by atoms with van der Waals surface area (Å²) < 4.78 is 9.84. The fourth-order valence-corrected chi connectivity index (χ4v) is 0.965. The smallest absolute Gasteiger partial charge is 0.304 e. The lowest BCUT2D eigenvalue weighted by Crippen LogP contribution is -2.27. The van der Waals surface area contributed by atoms with Crippen LogP contribution in [0.4, 0.5) is 0 Å². The van der Waals surface area contributed by atoms with Crippen LogP contribution in [0.2, 0.25) is 0 Å². The summed E-state index contributed by atoms with van der Waals surface area (Å²) in [7, 11) is 0. The Morgan fingerprint density at radius 2 is 1.88 bits per heavy atom. The minimum absolute atomic E-state index is 0.165. The molecule has 0 aromatic heterocycles. The van der Waals surface area contributed by atoms with E-state index in [0.29, 0.717) is 6.42 Å². The number of esters is 2. The number of hydrogen-bond donors (Lipinski definition) is 0. The molecule has 0 aliphatic rings. The Morgan fingerprint density at radius 3 is 2.29 bits per heavy atom. The highest BCUT2D eigenvalue weighted by molar-refractivity contribution is 5.66. The molecule has 0 aromatic rings.